The second-order valence-electron chi connectivity index (χ2n) is 12.8. The molecule has 230 valence electrons. The molecule has 1 N–H and O–H groups in total. The van der Waals surface area contributed by atoms with Gasteiger partial charge in [0.2, 0.25) is 0 Å². The van der Waals surface area contributed by atoms with Gasteiger partial charge >= 0.3 is 0 Å². The van der Waals surface area contributed by atoms with E-state index < -0.39 is 0 Å². The van der Waals surface area contributed by atoms with Gasteiger partial charge in [0.25, 0.3) is 0 Å². The van der Waals surface area contributed by atoms with Gasteiger partial charge in [0.15, 0.2) is 6.23 Å². The Labute approximate surface area is 284 Å². The monoisotopic (exact) mass is 626 g/mol. The van der Waals surface area contributed by atoms with Crippen molar-refractivity contribution in [2.45, 2.75) is 6.23 Å². The van der Waals surface area contributed by atoms with Gasteiger partial charge < -0.3 is 10.1 Å². The molecule has 8 aromatic carbocycles. The third-order valence-electron chi connectivity index (χ3n) is 9.87. The molecular weight excluding hydrogens is 597 g/mol. The van der Waals surface area contributed by atoms with Crippen LogP contribution in [0, 0.1) is 0 Å². The Kier molecular flexibility index (Phi) is 6.25. The van der Waals surface area contributed by atoms with Gasteiger partial charge in [0, 0.05) is 21.9 Å². The summed E-state index contributed by atoms with van der Waals surface area (Å²) in [6, 6.07) is 60.7. The van der Waals surface area contributed by atoms with E-state index in [0.29, 0.717) is 0 Å². The molecule has 10 rings (SSSR count). The summed E-state index contributed by atoms with van der Waals surface area (Å²) >= 11 is 0. The Hall–Kier alpha value is -6.45. The van der Waals surface area contributed by atoms with Crippen LogP contribution in [0.5, 0.6) is 5.75 Å². The summed E-state index contributed by atoms with van der Waals surface area (Å²) in [4.78, 5) is 5.43. The Morgan fingerprint density at radius 2 is 1.04 bits per heavy atom. The number of hydrogen-bond donors (Lipinski definition) is 1. The lowest BCUT2D eigenvalue weighted by Crippen LogP contribution is -2.09. The SMILES string of the molecule is c1ccc2c(c1)NC(c1ccc(-c3cc4c(-c5ccc6ccccc6c5)cc(-c5ccc6ccccc6c5)nc4c4ccccc34)cc1)O2. The zero-order valence-corrected chi connectivity index (χ0v) is 26.6. The molecule has 0 fully saturated rings. The molecule has 1 atom stereocenters. The number of pyridine rings is 1. The lowest BCUT2D eigenvalue weighted by Gasteiger charge is -2.17. The maximum atomic E-state index is 6.21. The second-order valence-corrected chi connectivity index (χ2v) is 12.8. The van der Waals surface area contributed by atoms with Crippen molar-refractivity contribution < 1.29 is 4.74 Å². The maximum absolute atomic E-state index is 6.21. The Morgan fingerprint density at radius 3 is 1.80 bits per heavy atom. The number of ether oxygens (including phenoxy) is 1. The molecule has 1 aliphatic heterocycles. The molecule has 0 saturated heterocycles. The third kappa shape index (κ3) is 4.70. The number of benzene rings is 8. The van der Waals surface area contributed by atoms with E-state index in [1.165, 1.54) is 43.6 Å². The predicted octanol–water partition coefficient (Wildman–Crippen LogP) is 12.2. The predicted molar refractivity (Wildman–Crippen MR) is 204 cm³/mol. The fraction of sp³-hybridized carbons (Fsp3) is 0.0217. The molecule has 0 amide bonds. The van der Waals surface area contributed by atoms with Crippen molar-refractivity contribution >= 4 is 48.9 Å². The van der Waals surface area contributed by atoms with E-state index in [2.05, 4.69) is 157 Å². The Balaban J connectivity index is 1.18. The minimum atomic E-state index is -0.211. The molecule has 0 bridgehead atoms. The van der Waals surface area contributed by atoms with Crippen LogP contribution in [-0.2, 0) is 0 Å². The second kappa shape index (κ2) is 11.1. The first-order valence-corrected chi connectivity index (χ1v) is 16.7. The highest BCUT2D eigenvalue weighted by Gasteiger charge is 2.23. The van der Waals surface area contributed by atoms with E-state index in [9.17, 15) is 0 Å². The van der Waals surface area contributed by atoms with Gasteiger partial charge in [-0.3, -0.25) is 0 Å². The van der Waals surface area contributed by atoms with Crippen LogP contribution in [-0.4, -0.2) is 4.98 Å². The van der Waals surface area contributed by atoms with Crippen LogP contribution in [0.4, 0.5) is 5.69 Å². The highest BCUT2D eigenvalue weighted by Crippen LogP contribution is 2.42. The smallest absolute Gasteiger partial charge is 0.196 e. The highest BCUT2D eigenvalue weighted by molar-refractivity contribution is 6.16. The molecule has 0 saturated carbocycles. The normalized spacial score (nSPS) is 13.8. The molecule has 2 heterocycles. The Bertz CT molecular complexity index is 2710. The number of nitrogens with one attached hydrogen (secondary N) is 1. The topological polar surface area (TPSA) is 34.2 Å². The molecule has 3 heteroatoms. The van der Waals surface area contributed by atoms with Crippen LogP contribution < -0.4 is 10.1 Å². The summed E-state index contributed by atoms with van der Waals surface area (Å²) < 4.78 is 6.21. The molecule has 1 aliphatic rings. The molecule has 49 heavy (non-hydrogen) atoms. The molecule has 0 radical (unpaired) electrons. The minimum absolute atomic E-state index is 0.211. The molecule has 1 unspecified atom stereocenters. The van der Waals surface area contributed by atoms with Gasteiger partial charge in [0.1, 0.15) is 5.75 Å². The molecule has 0 spiro atoms. The summed E-state index contributed by atoms with van der Waals surface area (Å²) in [7, 11) is 0. The zero-order chi connectivity index (χ0) is 32.3. The standard InChI is InChI=1S/C46H30N2O/c1-3-11-33-25-35(23-17-29(33)9-1)40-28-43(36-24-18-30-10-2-4-12-34(30)26-36)47-45-38-14-6-5-13-37(38)39(27-41(40)45)31-19-21-32(22-20-31)46-48-42-15-7-8-16-44(42)49-46/h1-28,46,48H. The van der Waals surface area contributed by atoms with Crippen LogP contribution in [0.2, 0.25) is 0 Å². The average molecular weight is 627 g/mol. The first-order valence-electron chi connectivity index (χ1n) is 16.7. The summed E-state index contributed by atoms with van der Waals surface area (Å²) in [5.74, 6) is 0.883. The minimum Gasteiger partial charge on any atom is -0.464 e. The summed E-state index contributed by atoms with van der Waals surface area (Å²) in [5.41, 5.74) is 9.87. The highest BCUT2D eigenvalue weighted by atomic mass is 16.5. The van der Waals surface area contributed by atoms with Gasteiger partial charge in [-0.05, 0) is 85.6 Å². The fourth-order valence-corrected chi connectivity index (χ4v) is 7.36. The number of hydrogen-bond acceptors (Lipinski definition) is 3. The number of anilines is 1. The van der Waals surface area contributed by atoms with Crippen LogP contribution in [0.3, 0.4) is 0 Å². The Morgan fingerprint density at radius 1 is 0.449 bits per heavy atom. The summed E-state index contributed by atoms with van der Waals surface area (Å²) in [6.45, 7) is 0. The van der Waals surface area contributed by atoms with Crippen LogP contribution >= 0.6 is 0 Å². The van der Waals surface area contributed by atoms with E-state index >= 15 is 0 Å². The van der Waals surface area contributed by atoms with E-state index in [0.717, 1.165) is 50.1 Å². The fourth-order valence-electron chi connectivity index (χ4n) is 7.36. The average Bonchev–Trinajstić information content (AvgIpc) is 3.61. The molecule has 3 nitrogen and oxygen atoms in total. The van der Waals surface area contributed by atoms with Crippen molar-refractivity contribution in [3.63, 3.8) is 0 Å². The van der Waals surface area contributed by atoms with E-state index in [1.807, 2.05) is 18.2 Å². The first-order chi connectivity index (χ1) is 24.2. The third-order valence-corrected chi connectivity index (χ3v) is 9.87. The lowest BCUT2D eigenvalue weighted by molar-refractivity contribution is 0.260. The number of fused-ring (bicyclic) bond motifs is 6. The largest absolute Gasteiger partial charge is 0.464 e. The van der Waals surface area contributed by atoms with Crippen molar-refractivity contribution in [2.24, 2.45) is 0 Å². The van der Waals surface area contributed by atoms with Crippen LogP contribution in [0.15, 0.2) is 170 Å². The maximum Gasteiger partial charge on any atom is 0.196 e. The number of aromatic nitrogens is 1. The van der Waals surface area contributed by atoms with E-state index in [-0.39, 0.29) is 6.23 Å². The van der Waals surface area contributed by atoms with Crippen LogP contribution in [0.25, 0.3) is 76.7 Å². The van der Waals surface area contributed by atoms with Gasteiger partial charge in [-0.2, -0.15) is 0 Å². The summed E-state index contributed by atoms with van der Waals surface area (Å²) in [5, 5.41) is 11.8. The zero-order valence-electron chi connectivity index (χ0n) is 26.6. The quantitative estimate of drug-likeness (QED) is 0.197. The van der Waals surface area contributed by atoms with Gasteiger partial charge in [-0.1, -0.05) is 133 Å². The van der Waals surface area contributed by atoms with Crippen molar-refractivity contribution in [1.82, 2.24) is 4.98 Å². The number of rotatable bonds is 4. The van der Waals surface area contributed by atoms with Gasteiger partial charge in [-0.25, -0.2) is 4.98 Å². The van der Waals surface area contributed by atoms with E-state index in [4.69, 9.17) is 9.72 Å². The number of para-hydroxylation sites is 2. The van der Waals surface area contributed by atoms with Gasteiger partial charge in [-0.15, -0.1) is 0 Å². The van der Waals surface area contributed by atoms with Crippen LogP contribution in [0.1, 0.15) is 11.8 Å². The van der Waals surface area contributed by atoms with Gasteiger partial charge in [0.05, 0.1) is 16.9 Å². The lowest BCUT2D eigenvalue weighted by atomic mass is 9.90. The van der Waals surface area contributed by atoms with Crippen molar-refractivity contribution in [3.8, 4) is 39.3 Å². The molecule has 1 aromatic heterocycles. The molecular formula is C46H30N2O. The molecule has 9 aromatic rings. The van der Waals surface area contributed by atoms with E-state index in [1.54, 1.807) is 0 Å². The first kappa shape index (κ1) is 27.6. The molecule has 0 aliphatic carbocycles. The summed E-state index contributed by atoms with van der Waals surface area (Å²) in [6.07, 6.45) is -0.211. The van der Waals surface area contributed by atoms with Crippen molar-refractivity contribution in [1.29, 1.82) is 0 Å². The van der Waals surface area contributed by atoms with Crippen molar-refractivity contribution in [2.75, 3.05) is 5.32 Å². The number of nitrogens with zero attached hydrogens (tertiary/aromatic N) is 1. The van der Waals surface area contributed by atoms with Crippen molar-refractivity contribution in [3.05, 3.63) is 175 Å².